The minimum absolute atomic E-state index is 0.213. The molecule has 0 aliphatic carbocycles. The van der Waals surface area contributed by atoms with E-state index in [9.17, 15) is 4.79 Å². The summed E-state index contributed by atoms with van der Waals surface area (Å²) >= 11 is 1.52. The number of hydrogen-bond donors (Lipinski definition) is 0. The van der Waals surface area contributed by atoms with Crippen molar-refractivity contribution in [3.8, 4) is 16.3 Å². The highest BCUT2D eigenvalue weighted by Gasteiger charge is 2.09. The smallest absolute Gasteiger partial charge is 0.311 e. The molecule has 0 fully saturated rings. The Morgan fingerprint density at radius 2 is 2.05 bits per heavy atom. The van der Waals surface area contributed by atoms with Crippen LogP contribution in [0, 0.1) is 0 Å². The molecule has 0 aliphatic heterocycles. The third-order valence-corrected chi connectivity index (χ3v) is 3.62. The summed E-state index contributed by atoms with van der Waals surface area (Å²) in [6.45, 7) is 2.80. The standard InChI is InChI=1S/C15H17NO3S/c1-3-8-19-13-6-4-11(5-7-13)15-16-12(10-20-15)9-14(17)18-2/h4-7,10H,3,8-9H2,1-2H3. The van der Waals surface area contributed by atoms with E-state index in [1.165, 1.54) is 18.4 Å². The lowest BCUT2D eigenvalue weighted by Crippen LogP contribution is -2.04. The molecule has 2 aromatic rings. The predicted molar refractivity (Wildman–Crippen MR) is 79.1 cm³/mol. The molecule has 20 heavy (non-hydrogen) atoms. The minimum Gasteiger partial charge on any atom is -0.494 e. The molecule has 1 heterocycles. The predicted octanol–water partition coefficient (Wildman–Crippen LogP) is 3.31. The molecule has 0 bridgehead atoms. The van der Waals surface area contributed by atoms with Gasteiger partial charge in [0.05, 0.1) is 25.8 Å². The number of aromatic nitrogens is 1. The Balaban J connectivity index is 2.06. The van der Waals surface area contributed by atoms with Gasteiger partial charge in [-0.3, -0.25) is 4.79 Å². The maximum Gasteiger partial charge on any atom is 0.311 e. The minimum atomic E-state index is -0.273. The van der Waals surface area contributed by atoms with Crippen LogP contribution in [0.5, 0.6) is 5.75 Å². The number of esters is 1. The van der Waals surface area contributed by atoms with E-state index in [1.807, 2.05) is 29.6 Å². The lowest BCUT2D eigenvalue weighted by Gasteiger charge is -2.04. The van der Waals surface area contributed by atoms with Crippen molar-refractivity contribution >= 4 is 17.3 Å². The molecule has 0 spiro atoms. The molecule has 0 radical (unpaired) electrons. The summed E-state index contributed by atoms with van der Waals surface area (Å²) in [7, 11) is 1.38. The van der Waals surface area contributed by atoms with Crippen LogP contribution in [-0.4, -0.2) is 24.7 Å². The fourth-order valence-electron chi connectivity index (χ4n) is 1.65. The summed E-state index contributed by atoms with van der Waals surface area (Å²) in [4.78, 5) is 15.6. The number of carbonyl (C=O) groups excluding carboxylic acids is 1. The number of thiazole rings is 1. The van der Waals surface area contributed by atoms with Crippen LogP contribution in [0.1, 0.15) is 19.0 Å². The van der Waals surface area contributed by atoms with Gasteiger partial charge in [0.15, 0.2) is 0 Å². The summed E-state index contributed by atoms with van der Waals surface area (Å²) in [6, 6.07) is 7.83. The average molecular weight is 291 g/mol. The second kappa shape index (κ2) is 7.05. The molecule has 0 atom stereocenters. The fourth-order valence-corrected chi connectivity index (χ4v) is 2.48. The van der Waals surface area contributed by atoms with Gasteiger partial charge in [0, 0.05) is 10.9 Å². The molecule has 1 aromatic heterocycles. The maximum absolute atomic E-state index is 11.2. The number of ether oxygens (including phenoxy) is 2. The van der Waals surface area contributed by atoms with E-state index >= 15 is 0 Å². The fraction of sp³-hybridized carbons (Fsp3) is 0.333. The molecule has 0 unspecified atom stereocenters. The van der Waals surface area contributed by atoms with Gasteiger partial charge in [0.1, 0.15) is 10.8 Å². The highest BCUT2D eigenvalue weighted by Crippen LogP contribution is 2.26. The number of hydrogen-bond acceptors (Lipinski definition) is 5. The van der Waals surface area contributed by atoms with Crippen molar-refractivity contribution in [1.82, 2.24) is 4.98 Å². The Morgan fingerprint density at radius 3 is 2.70 bits per heavy atom. The molecule has 106 valence electrons. The summed E-state index contributed by atoms with van der Waals surface area (Å²) in [5.41, 5.74) is 1.76. The molecule has 0 N–H and O–H groups in total. The second-order valence-electron chi connectivity index (χ2n) is 4.27. The summed E-state index contributed by atoms with van der Waals surface area (Å²) in [6.07, 6.45) is 1.20. The quantitative estimate of drug-likeness (QED) is 0.766. The van der Waals surface area contributed by atoms with Crippen molar-refractivity contribution < 1.29 is 14.3 Å². The molecule has 0 amide bonds. The van der Waals surface area contributed by atoms with E-state index in [0.717, 1.165) is 35.0 Å². The maximum atomic E-state index is 11.2. The molecule has 0 saturated carbocycles. The van der Waals surface area contributed by atoms with E-state index in [4.69, 9.17) is 4.74 Å². The summed E-state index contributed by atoms with van der Waals surface area (Å²) in [5.74, 6) is 0.590. The Labute approximate surface area is 122 Å². The Kier molecular flexibility index (Phi) is 5.12. The number of nitrogens with zero attached hydrogens (tertiary/aromatic N) is 1. The zero-order chi connectivity index (χ0) is 14.4. The lowest BCUT2D eigenvalue weighted by atomic mass is 10.2. The van der Waals surface area contributed by atoms with Crippen LogP contribution < -0.4 is 4.74 Å². The van der Waals surface area contributed by atoms with Gasteiger partial charge in [-0.05, 0) is 30.7 Å². The molecule has 1 aromatic carbocycles. The van der Waals surface area contributed by atoms with Gasteiger partial charge in [-0.1, -0.05) is 6.92 Å². The van der Waals surface area contributed by atoms with E-state index in [0.29, 0.717) is 0 Å². The molecule has 0 aliphatic rings. The van der Waals surface area contributed by atoms with Crippen LogP contribution in [0.25, 0.3) is 10.6 Å². The van der Waals surface area contributed by atoms with Gasteiger partial charge in [0.2, 0.25) is 0 Å². The molecule has 5 heteroatoms. The SMILES string of the molecule is CCCOc1ccc(-c2nc(CC(=O)OC)cs2)cc1. The first-order valence-corrected chi connectivity index (χ1v) is 7.35. The molecule has 0 saturated heterocycles. The van der Waals surface area contributed by atoms with Crippen molar-refractivity contribution in [2.24, 2.45) is 0 Å². The molecule has 4 nitrogen and oxygen atoms in total. The van der Waals surface area contributed by atoms with E-state index in [2.05, 4.69) is 16.6 Å². The number of carbonyl (C=O) groups is 1. The largest absolute Gasteiger partial charge is 0.494 e. The van der Waals surface area contributed by atoms with Crippen molar-refractivity contribution in [3.05, 3.63) is 35.3 Å². The molecule has 2 rings (SSSR count). The van der Waals surface area contributed by atoms with Crippen molar-refractivity contribution in [1.29, 1.82) is 0 Å². The Hall–Kier alpha value is -1.88. The molecular formula is C15H17NO3S. The van der Waals surface area contributed by atoms with Crippen molar-refractivity contribution in [2.45, 2.75) is 19.8 Å². The van der Waals surface area contributed by atoms with Crippen LogP contribution in [0.2, 0.25) is 0 Å². The van der Waals surface area contributed by atoms with E-state index < -0.39 is 0 Å². The average Bonchev–Trinajstić information content (AvgIpc) is 2.94. The van der Waals surface area contributed by atoms with E-state index in [1.54, 1.807) is 0 Å². The topological polar surface area (TPSA) is 48.4 Å². The van der Waals surface area contributed by atoms with Crippen molar-refractivity contribution in [3.63, 3.8) is 0 Å². The third-order valence-electron chi connectivity index (χ3n) is 2.68. The normalized spacial score (nSPS) is 10.3. The van der Waals surface area contributed by atoms with Crippen LogP contribution >= 0.6 is 11.3 Å². The van der Waals surface area contributed by atoms with Crippen LogP contribution in [0.15, 0.2) is 29.6 Å². The molecular weight excluding hydrogens is 274 g/mol. The number of benzene rings is 1. The Bertz CT molecular complexity index is 563. The van der Waals surface area contributed by atoms with Crippen LogP contribution in [0.4, 0.5) is 0 Å². The van der Waals surface area contributed by atoms with Crippen molar-refractivity contribution in [2.75, 3.05) is 13.7 Å². The lowest BCUT2D eigenvalue weighted by molar-refractivity contribution is -0.139. The number of rotatable bonds is 6. The van der Waals surface area contributed by atoms with Crippen LogP contribution in [-0.2, 0) is 16.0 Å². The van der Waals surface area contributed by atoms with Gasteiger partial charge < -0.3 is 9.47 Å². The third kappa shape index (κ3) is 3.81. The summed E-state index contributed by atoms with van der Waals surface area (Å²) in [5, 5.41) is 2.78. The first-order chi connectivity index (χ1) is 9.72. The van der Waals surface area contributed by atoms with Gasteiger partial charge in [-0.15, -0.1) is 11.3 Å². The van der Waals surface area contributed by atoms with Crippen LogP contribution in [0.3, 0.4) is 0 Å². The van der Waals surface area contributed by atoms with Gasteiger partial charge in [-0.25, -0.2) is 4.98 Å². The highest BCUT2D eigenvalue weighted by atomic mass is 32.1. The van der Waals surface area contributed by atoms with Gasteiger partial charge in [-0.2, -0.15) is 0 Å². The summed E-state index contributed by atoms with van der Waals surface area (Å²) < 4.78 is 10.2. The first-order valence-electron chi connectivity index (χ1n) is 6.47. The van der Waals surface area contributed by atoms with E-state index in [-0.39, 0.29) is 12.4 Å². The highest BCUT2D eigenvalue weighted by molar-refractivity contribution is 7.13. The zero-order valence-electron chi connectivity index (χ0n) is 11.6. The van der Waals surface area contributed by atoms with Gasteiger partial charge >= 0.3 is 5.97 Å². The Morgan fingerprint density at radius 1 is 1.30 bits per heavy atom. The number of methoxy groups -OCH3 is 1. The zero-order valence-corrected chi connectivity index (χ0v) is 12.4. The van der Waals surface area contributed by atoms with Gasteiger partial charge in [0.25, 0.3) is 0 Å². The second-order valence-corrected chi connectivity index (χ2v) is 5.13. The first kappa shape index (κ1) is 14.5. The monoisotopic (exact) mass is 291 g/mol.